The number of aromatic amines is 1. The van der Waals surface area contributed by atoms with Crippen LogP contribution in [0, 0.1) is 6.92 Å². The van der Waals surface area contributed by atoms with Crippen molar-refractivity contribution in [1.82, 2.24) is 14.8 Å². The number of carbonyl (C=O) groups is 2. The van der Waals surface area contributed by atoms with Gasteiger partial charge in [0.1, 0.15) is 0 Å². The molecule has 0 radical (unpaired) electrons. The van der Waals surface area contributed by atoms with Gasteiger partial charge in [-0.15, -0.1) is 0 Å². The van der Waals surface area contributed by atoms with Crippen LogP contribution in [0.25, 0.3) is 22.2 Å². The van der Waals surface area contributed by atoms with Crippen LogP contribution in [0.3, 0.4) is 0 Å². The maximum atomic E-state index is 13.4. The Morgan fingerprint density at radius 2 is 1.80 bits per heavy atom. The fourth-order valence-electron chi connectivity index (χ4n) is 3.94. The summed E-state index contributed by atoms with van der Waals surface area (Å²) >= 11 is 0. The number of Topliss-reactive ketones (excluding diaryl/α,β-unsaturated/α-hetero) is 1. The minimum Gasteiger partial charge on any atom is -0.378 e. The van der Waals surface area contributed by atoms with E-state index in [0.717, 1.165) is 27.7 Å². The van der Waals surface area contributed by atoms with Crippen LogP contribution >= 0.6 is 0 Å². The Bertz CT molecular complexity index is 1050. The summed E-state index contributed by atoms with van der Waals surface area (Å²) < 4.78 is 5.31. The van der Waals surface area contributed by atoms with Crippen LogP contribution in [0.5, 0.6) is 0 Å². The molecule has 0 spiro atoms. The first-order chi connectivity index (χ1) is 14.5. The molecule has 6 nitrogen and oxygen atoms in total. The molecule has 1 fully saturated rings. The number of likely N-dealkylation sites (N-methyl/N-ethyl adjacent to an activating group) is 1. The number of fused-ring (bicyclic) bond motifs is 1. The van der Waals surface area contributed by atoms with Crippen LogP contribution in [-0.2, 0) is 9.53 Å². The number of aromatic nitrogens is 1. The topological polar surface area (TPSA) is 65.6 Å². The molecule has 1 saturated heterocycles. The molecule has 0 atom stereocenters. The van der Waals surface area contributed by atoms with Gasteiger partial charge in [-0.05, 0) is 31.7 Å². The van der Waals surface area contributed by atoms with E-state index in [-0.39, 0.29) is 24.8 Å². The number of hydrogen-bond acceptors (Lipinski definition) is 4. The zero-order chi connectivity index (χ0) is 21.1. The van der Waals surface area contributed by atoms with Crippen molar-refractivity contribution < 1.29 is 14.3 Å². The van der Waals surface area contributed by atoms with Gasteiger partial charge in [0.2, 0.25) is 5.91 Å². The fourth-order valence-corrected chi connectivity index (χ4v) is 3.94. The first-order valence-electron chi connectivity index (χ1n) is 10.3. The molecule has 6 heteroatoms. The van der Waals surface area contributed by atoms with Crippen LogP contribution in [0.4, 0.5) is 0 Å². The second kappa shape index (κ2) is 8.81. The summed E-state index contributed by atoms with van der Waals surface area (Å²) in [5, 5.41) is 0.923. The van der Waals surface area contributed by atoms with Crippen LogP contribution in [-0.4, -0.2) is 72.9 Å². The van der Waals surface area contributed by atoms with Gasteiger partial charge in [0, 0.05) is 24.0 Å². The van der Waals surface area contributed by atoms with Gasteiger partial charge >= 0.3 is 0 Å². The number of carbonyl (C=O) groups excluding carboxylic acids is 2. The number of morpholine rings is 1. The molecule has 4 rings (SSSR count). The maximum Gasteiger partial charge on any atom is 0.236 e. The number of nitrogens with zero attached hydrogens (tertiary/aromatic N) is 2. The molecular weight excluding hydrogens is 378 g/mol. The number of ether oxygens (including phenoxy) is 1. The van der Waals surface area contributed by atoms with Crippen molar-refractivity contribution in [3.8, 4) is 11.3 Å². The Morgan fingerprint density at radius 3 is 2.53 bits per heavy atom. The van der Waals surface area contributed by atoms with Crippen molar-refractivity contribution >= 4 is 22.6 Å². The van der Waals surface area contributed by atoms with Gasteiger partial charge in [0.15, 0.2) is 5.78 Å². The average Bonchev–Trinajstić information content (AvgIpc) is 3.13. The summed E-state index contributed by atoms with van der Waals surface area (Å²) in [6.45, 7) is 4.79. The third-order valence-electron chi connectivity index (χ3n) is 5.48. The standard InChI is InChI=1S/C24H27N3O3/c1-17-8-9-20-19(14-17)23(24(25-20)18-6-4-3-5-7-18)21(28)15-26(2)16-22(29)27-10-12-30-13-11-27/h3-9,14,25H,10-13,15-16H2,1-2H3. The Kier molecular flexibility index (Phi) is 5.97. The van der Waals surface area contributed by atoms with Crippen molar-refractivity contribution in [2.24, 2.45) is 0 Å². The van der Waals surface area contributed by atoms with Crippen molar-refractivity contribution in [1.29, 1.82) is 0 Å². The minimum absolute atomic E-state index is 0.00276. The molecular formula is C24H27N3O3. The van der Waals surface area contributed by atoms with E-state index in [4.69, 9.17) is 4.74 Å². The van der Waals surface area contributed by atoms with Crippen molar-refractivity contribution in [2.75, 3.05) is 46.4 Å². The van der Waals surface area contributed by atoms with Crippen molar-refractivity contribution in [3.05, 3.63) is 59.7 Å². The van der Waals surface area contributed by atoms with Gasteiger partial charge in [-0.25, -0.2) is 0 Å². The minimum atomic E-state index is 0.00276. The summed E-state index contributed by atoms with van der Waals surface area (Å²) in [5.41, 5.74) is 4.53. The highest BCUT2D eigenvalue weighted by atomic mass is 16.5. The SMILES string of the molecule is Cc1ccc2[nH]c(-c3ccccc3)c(C(=O)CN(C)CC(=O)N3CCOCC3)c2c1. The second-order valence-corrected chi connectivity index (χ2v) is 7.88. The van der Waals surface area contributed by atoms with E-state index in [9.17, 15) is 9.59 Å². The highest BCUT2D eigenvalue weighted by Crippen LogP contribution is 2.31. The lowest BCUT2D eigenvalue weighted by molar-refractivity contribution is -0.136. The third kappa shape index (κ3) is 4.30. The van der Waals surface area contributed by atoms with E-state index >= 15 is 0 Å². The average molecular weight is 405 g/mol. The Hall–Kier alpha value is -2.96. The fraction of sp³-hybridized carbons (Fsp3) is 0.333. The Morgan fingerprint density at radius 1 is 1.07 bits per heavy atom. The lowest BCUT2D eigenvalue weighted by atomic mass is 10.0. The van der Waals surface area contributed by atoms with Crippen molar-refractivity contribution in [3.63, 3.8) is 0 Å². The number of H-pyrrole nitrogens is 1. The first-order valence-corrected chi connectivity index (χ1v) is 10.3. The van der Waals surface area contributed by atoms with Gasteiger partial charge < -0.3 is 14.6 Å². The lowest BCUT2D eigenvalue weighted by Crippen LogP contribution is -2.45. The highest BCUT2D eigenvalue weighted by Gasteiger charge is 2.23. The zero-order valence-corrected chi connectivity index (χ0v) is 17.5. The number of amides is 1. The number of ketones is 1. The molecule has 1 aromatic heterocycles. The number of rotatable bonds is 6. The largest absolute Gasteiger partial charge is 0.378 e. The second-order valence-electron chi connectivity index (χ2n) is 7.88. The van der Waals surface area contributed by atoms with Crippen LogP contribution < -0.4 is 0 Å². The quantitative estimate of drug-likeness (QED) is 0.640. The zero-order valence-electron chi connectivity index (χ0n) is 17.5. The summed E-state index contributed by atoms with van der Waals surface area (Å²) in [4.78, 5) is 32.9. The predicted octanol–water partition coefficient (Wildman–Crippen LogP) is 3.12. The van der Waals surface area contributed by atoms with E-state index in [2.05, 4.69) is 4.98 Å². The van der Waals surface area contributed by atoms with E-state index in [1.165, 1.54) is 0 Å². The van der Waals surface area contributed by atoms with Crippen LogP contribution in [0.15, 0.2) is 48.5 Å². The van der Waals surface area contributed by atoms with Gasteiger partial charge in [0.05, 0.1) is 37.6 Å². The third-order valence-corrected chi connectivity index (χ3v) is 5.48. The molecule has 1 amide bonds. The van der Waals surface area contributed by atoms with Crippen molar-refractivity contribution in [2.45, 2.75) is 6.92 Å². The Labute approximate surface area is 176 Å². The molecule has 1 N–H and O–H groups in total. The number of aryl methyl sites for hydroxylation is 1. The molecule has 156 valence electrons. The van der Waals surface area contributed by atoms with Gasteiger partial charge in [0.25, 0.3) is 0 Å². The maximum absolute atomic E-state index is 13.4. The molecule has 1 aliphatic rings. The smallest absolute Gasteiger partial charge is 0.236 e. The molecule has 0 saturated carbocycles. The molecule has 30 heavy (non-hydrogen) atoms. The molecule has 1 aliphatic heterocycles. The van der Waals surface area contributed by atoms with E-state index in [1.807, 2.05) is 62.5 Å². The van der Waals surface area contributed by atoms with Crippen LogP contribution in [0.1, 0.15) is 15.9 Å². The van der Waals surface area contributed by atoms with E-state index in [1.54, 1.807) is 9.80 Å². The monoisotopic (exact) mass is 405 g/mol. The summed E-state index contributed by atoms with van der Waals surface area (Å²) in [7, 11) is 1.82. The molecule has 0 aliphatic carbocycles. The molecule has 0 unspecified atom stereocenters. The summed E-state index contributed by atoms with van der Waals surface area (Å²) in [6.07, 6.45) is 0. The number of hydrogen-bond donors (Lipinski definition) is 1. The van der Waals surface area contributed by atoms with Gasteiger partial charge in [-0.3, -0.25) is 14.5 Å². The van der Waals surface area contributed by atoms with E-state index < -0.39 is 0 Å². The van der Waals surface area contributed by atoms with E-state index in [0.29, 0.717) is 31.9 Å². The highest BCUT2D eigenvalue weighted by molar-refractivity contribution is 6.14. The van der Waals surface area contributed by atoms with Gasteiger partial charge in [-0.1, -0.05) is 42.0 Å². The Balaban J connectivity index is 1.59. The number of benzene rings is 2. The lowest BCUT2D eigenvalue weighted by Gasteiger charge is -2.28. The molecule has 2 heterocycles. The van der Waals surface area contributed by atoms with Crippen LogP contribution in [0.2, 0.25) is 0 Å². The molecule has 2 aromatic carbocycles. The van der Waals surface area contributed by atoms with Gasteiger partial charge in [-0.2, -0.15) is 0 Å². The number of nitrogens with one attached hydrogen (secondary N) is 1. The summed E-state index contributed by atoms with van der Waals surface area (Å²) in [6, 6.07) is 16.0. The molecule has 0 bridgehead atoms. The molecule has 3 aromatic rings. The normalized spacial score (nSPS) is 14.4. The predicted molar refractivity (Wildman–Crippen MR) is 118 cm³/mol. The first kappa shape index (κ1) is 20.3. The summed E-state index contributed by atoms with van der Waals surface area (Å²) in [5.74, 6) is 0.0367.